The maximum atomic E-state index is 12.4. The third kappa shape index (κ3) is 5.49. The summed E-state index contributed by atoms with van der Waals surface area (Å²) in [4.78, 5) is 16.9. The first-order valence-electron chi connectivity index (χ1n) is 8.23. The van der Waals surface area contributed by atoms with E-state index in [1.165, 1.54) is 0 Å². The summed E-state index contributed by atoms with van der Waals surface area (Å²) in [5.74, 6) is 0.195. The average molecular weight is 377 g/mol. The maximum Gasteiger partial charge on any atom is 1.00 e. The van der Waals surface area contributed by atoms with Crippen LogP contribution < -0.4 is 44.9 Å². The molecule has 0 bridgehead atoms. The van der Waals surface area contributed by atoms with E-state index in [0.29, 0.717) is 18.1 Å². The Morgan fingerprint density at radius 2 is 2.00 bits per heavy atom. The van der Waals surface area contributed by atoms with Crippen molar-refractivity contribution in [2.24, 2.45) is 0 Å². The molecule has 2 heterocycles. The van der Waals surface area contributed by atoms with Crippen LogP contribution >= 0.6 is 0 Å². The molecule has 3 N–H and O–H groups in total. The predicted molar refractivity (Wildman–Crippen MR) is 98.2 cm³/mol. The number of amides is 1. The molecule has 0 aliphatic rings. The van der Waals surface area contributed by atoms with Gasteiger partial charge in [-0.05, 0) is 31.2 Å². The molecule has 1 amide bonds. The van der Waals surface area contributed by atoms with Crippen molar-refractivity contribution in [3.63, 3.8) is 0 Å². The summed E-state index contributed by atoms with van der Waals surface area (Å²) >= 11 is 0. The molecule has 0 atom stereocenters. The number of nitrogens with zero attached hydrogens (tertiary/aromatic N) is 4. The van der Waals surface area contributed by atoms with E-state index in [2.05, 4.69) is 36.2 Å². The Bertz CT molecular complexity index is 876. The van der Waals surface area contributed by atoms with Crippen LogP contribution in [0.4, 0.5) is 11.6 Å². The van der Waals surface area contributed by atoms with Crippen molar-refractivity contribution in [2.45, 2.75) is 13.8 Å². The van der Waals surface area contributed by atoms with Crippen LogP contribution in [0.3, 0.4) is 0 Å². The summed E-state index contributed by atoms with van der Waals surface area (Å²) < 4.78 is 5.57. The van der Waals surface area contributed by atoms with Gasteiger partial charge in [0.25, 0.3) is 11.9 Å². The molecule has 0 saturated heterocycles. The monoisotopic (exact) mass is 377 g/mol. The van der Waals surface area contributed by atoms with Crippen LogP contribution in [0.1, 0.15) is 25.8 Å². The van der Waals surface area contributed by atoms with E-state index in [1.54, 1.807) is 12.1 Å². The Kier molecular flexibility index (Phi) is 7.71. The number of benzene rings is 1. The van der Waals surface area contributed by atoms with E-state index in [9.17, 15) is 4.79 Å². The number of pyridine rings is 1. The number of rotatable bonds is 7. The summed E-state index contributed by atoms with van der Waals surface area (Å²) in [7, 11) is 0. The van der Waals surface area contributed by atoms with Gasteiger partial charge in [-0.15, -0.1) is 5.10 Å². The number of ether oxygens (including phenoxy) is 1. The fourth-order valence-electron chi connectivity index (χ4n) is 2.36. The minimum atomic E-state index is -0.446. The fraction of sp³-hybridized carbons (Fsp3) is 0.235. The number of H-pyrrole nitrogens is 1. The van der Waals surface area contributed by atoms with Crippen LogP contribution in [-0.2, 0) is 0 Å². The van der Waals surface area contributed by atoms with Gasteiger partial charge in [-0.3, -0.25) is 10.1 Å². The zero-order chi connectivity index (χ0) is 18.4. The minimum absolute atomic E-state index is 0. The van der Waals surface area contributed by atoms with Crippen molar-refractivity contribution < 1.29 is 40.5 Å². The van der Waals surface area contributed by atoms with Gasteiger partial charge in [-0.2, -0.15) is 5.21 Å². The number of aromatic nitrogens is 5. The zero-order valence-corrected chi connectivity index (χ0v) is 17.5. The van der Waals surface area contributed by atoms with E-state index in [4.69, 9.17) is 4.74 Å². The third-order valence-electron chi connectivity index (χ3n) is 3.47. The first-order chi connectivity index (χ1) is 12.7. The van der Waals surface area contributed by atoms with E-state index in [1.807, 2.05) is 38.1 Å². The molecule has 3 rings (SSSR count). The second kappa shape index (κ2) is 10.0. The molecule has 136 valence electrons. The van der Waals surface area contributed by atoms with E-state index >= 15 is 0 Å². The molecule has 0 aliphatic carbocycles. The van der Waals surface area contributed by atoms with Gasteiger partial charge >= 0.3 is 29.6 Å². The molecular weight excluding hydrogens is 357 g/mol. The van der Waals surface area contributed by atoms with Crippen molar-refractivity contribution in [2.75, 3.05) is 23.8 Å². The van der Waals surface area contributed by atoms with E-state index in [-0.39, 0.29) is 42.6 Å². The summed E-state index contributed by atoms with van der Waals surface area (Å²) in [6.45, 7) is 5.24. The maximum absolute atomic E-state index is 12.4. The van der Waals surface area contributed by atoms with Gasteiger partial charge in [0.15, 0.2) is 0 Å². The standard InChI is InChI=1S/C17H19N7O2.Na.H/c1-3-18-12-7-5-11(6-8-12)14-9-13(26-4-2)10-15(19-14)16(25)20-17-21-23-24-22-17;;/h5-10,18H,3-4H2,1-2H3,(H2,20,21,22,23,24,25);;/q;+1;-1. The molecular formula is C17H20N7NaO2. The van der Waals surface area contributed by atoms with Crippen LogP contribution in [0.15, 0.2) is 36.4 Å². The molecule has 10 heteroatoms. The van der Waals surface area contributed by atoms with Gasteiger partial charge in [0, 0.05) is 29.9 Å². The van der Waals surface area contributed by atoms with E-state index < -0.39 is 5.91 Å². The van der Waals surface area contributed by atoms with Crippen LogP contribution in [0.25, 0.3) is 11.3 Å². The molecule has 0 saturated carbocycles. The normalized spacial score (nSPS) is 10.0. The van der Waals surface area contributed by atoms with Crippen molar-refractivity contribution >= 4 is 17.5 Å². The van der Waals surface area contributed by atoms with Gasteiger partial charge in [0.1, 0.15) is 11.4 Å². The second-order valence-corrected chi connectivity index (χ2v) is 5.30. The fourth-order valence-corrected chi connectivity index (χ4v) is 2.36. The molecule has 0 aliphatic heterocycles. The van der Waals surface area contributed by atoms with Crippen molar-refractivity contribution in [3.05, 3.63) is 42.1 Å². The first-order valence-corrected chi connectivity index (χ1v) is 8.23. The molecule has 0 radical (unpaired) electrons. The van der Waals surface area contributed by atoms with Crippen LogP contribution in [0.2, 0.25) is 0 Å². The summed E-state index contributed by atoms with van der Waals surface area (Å²) in [6.07, 6.45) is 0. The third-order valence-corrected chi connectivity index (χ3v) is 3.47. The number of tetrazole rings is 1. The summed E-state index contributed by atoms with van der Waals surface area (Å²) in [5, 5.41) is 18.9. The van der Waals surface area contributed by atoms with Crippen LogP contribution in [0, 0.1) is 0 Å². The largest absolute Gasteiger partial charge is 1.00 e. The molecule has 0 unspecified atom stereocenters. The van der Waals surface area contributed by atoms with Gasteiger partial charge in [0.05, 0.1) is 12.3 Å². The summed E-state index contributed by atoms with van der Waals surface area (Å²) in [6, 6.07) is 11.2. The molecule has 0 spiro atoms. The first kappa shape index (κ1) is 20.8. The Labute approximate surface area is 180 Å². The SMILES string of the molecule is CCNc1ccc(-c2cc(OCC)cc(C(=O)Nc3nn[nH]n3)n2)cc1.[H-].[Na+]. The Hall–Kier alpha value is -2.49. The van der Waals surface area contributed by atoms with Gasteiger partial charge < -0.3 is 11.5 Å². The average Bonchev–Trinajstić information content (AvgIpc) is 3.16. The van der Waals surface area contributed by atoms with Crippen LogP contribution in [-0.4, -0.2) is 44.7 Å². The van der Waals surface area contributed by atoms with Crippen molar-refractivity contribution in [1.82, 2.24) is 25.6 Å². The number of carbonyl (C=O) groups excluding carboxylic acids is 1. The number of hydrogen-bond donors (Lipinski definition) is 3. The molecule has 0 fully saturated rings. The Morgan fingerprint density at radius 3 is 2.63 bits per heavy atom. The minimum Gasteiger partial charge on any atom is -1.00 e. The number of carbonyl (C=O) groups is 1. The Balaban J connectivity index is 0.00000196. The number of nitrogens with one attached hydrogen (secondary N) is 3. The molecule has 27 heavy (non-hydrogen) atoms. The smallest absolute Gasteiger partial charge is 1.00 e. The molecule has 2 aromatic heterocycles. The molecule has 1 aromatic carbocycles. The number of hydrogen-bond acceptors (Lipinski definition) is 7. The van der Waals surface area contributed by atoms with Gasteiger partial charge in [-0.1, -0.05) is 17.2 Å². The topological polar surface area (TPSA) is 118 Å². The number of anilines is 2. The quantitative estimate of drug-likeness (QED) is 0.473. The second-order valence-electron chi connectivity index (χ2n) is 5.30. The van der Waals surface area contributed by atoms with Crippen LogP contribution in [0.5, 0.6) is 5.75 Å². The molecule has 3 aromatic rings. The predicted octanol–water partition coefficient (Wildman–Crippen LogP) is -0.539. The molecule has 9 nitrogen and oxygen atoms in total. The number of aromatic amines is 1. The van der Waals surface area contributed by atoms with Gasteiger partial charge in [-0.25, -0.2) is 4.98 Å². The van der Waals surface area contributed by atoms with Crippen molar-refractivity contribution in [1.29, 1.82) is 0 Å². The van der Waals surface area contributed by atoms with Gasteiger partial charge in [0.2, 0.25) is 0 Å². The zero-order valence-electron chi connectivity index (χ0n) is 16.5. The Morgan fingerprint density at radius 1 is 1.22 bits per heavy atom. The summed E-state index contributed by atoms with van der Waals surface area (Å²) in [5.41, 5.74) is 2.73. The van der Waals surface area contributed by atoms with E-state index in [0.717, 1.165) is 17.8 Å². The van der Waals surface area contributed by atoms with Crippen molar-refractivity contribution in [3.8, 4) is 17.0 Å².